The third-order valence-corrected chi connectivity index (χ3v) is 5.12. The van der Waals surface area contributed by atoms with E-state index >= 15 is 0 Å². The predicted molar refractivity (Wildman–Crippen MR) is 78.2 cm³/mol. The maximum atomic E-state index is 11.9. The van der Waals surface area contributed by atoms with Crippen LogP contribution in [0.5, 0.6) is 0 Å². The summed E-state index contributed by atoms with van der Waals surface area (Å²) in [6.45, 7) is 2.23. The molecule has 1 amide bonds. The van der Waals surface area contributed by atoms with E-state index in [1.165, 1.54) is 4.88 Å². The highest BCUT2D eigenvalue weighted by atomic mass is 32.1. The summed E-state index contributed by atoms with van der Waals surface area (Å²) in [5.41, 5.74) is -0.122. The van der Waals surface area contributed by atoms with Crippen LogP contribution in [0.15, 0.2) is 17.5 Å². The van der Waals surface area contributed by atoms with Gasteiger partial charge in [0.1, 0.15) is 0 Å². The van der Waals surface area contributed by atoms with Crippen molar-refractivity contribution >= 4 is 17.2 Å². The van der Waals surface area contributed by atoms with Crippen LogP contribution in [0.2, 0.25) is 0 Å². The van der Waals surface area contributed by atoms with Crippen molar-refractivity contribution in [2.45, 2.75) is 51.5 Å². The third kappa shape index (κ3) is 3.80. The number of carbonyl (C=O) groups is 1. The van der Waals surface area contributed by atoms with E-state index in [4.69, 9.17) is 0 Å². The van der Waals surface area contributed by atoms with Crippen molar-refractivity contribution in [3.8, 4) is 0 Å². The van der Waals surface area contributed by atoms with E-state index in [1.54, 1.807) is 11.3 Å². The molecule has 0 aromatic carbocycles. The number of aliphatic hydroxyl groups is 1. The van der Waals surface area contributed by atoms with Crippen molar-refractivity contribution in [3.63, 3.8) is 0 Å². The van der Waals surface area contributed by atoms with Gasteiger partial charge in [-0.05, 0) is 37.1 Å². The summed E-state index contributed by atoms with van der Waals surface area (Å²) in [5.74, 6) is 0.128. The fraction of sp³-hybridized carbons (Fsp3) is 0.667. The van der Waals surface area contributed by atoms with Gasteiger partial charge in [-0.3, -0.25) is 4.79 Å². The molecular formula is C15H23NO2S. The number of hydrogen-bond donors (Lipinski definition) is 2. The van der Waals surface area contributed by atoms with Crippen LogP contribution in [0.3, 0.4) is 0 Å². The summed E-state index contributed by atoms with van der Waals surface area (Å²) >= 11 is 1.75. The number of amides is 1. The minimum Gasteiger partial charge on any atom is -0.396 e. The topological polar surface area (TPSA) is 49.3 Å². The number of hydrogen-bond acceptors (Lipinski definition) is 3. The molecule has 1 saturated carbocycles. The molecule has 0 bridgehead atoms. The largest absolute Gasteiger partial charge is 0.396 e. The van der Waals surface area contributed by atoms with Crippen molar-refractivity contribution in [2.75, 3.05) is 6.61 Å². The molecule has 106 valence electrons. The first-order valence-electron chi connectivity index (χ1n) is 7.07. The summed E-state index contributed by atoms with van der Waals surface area (Å²) in [7, 11) is 0. The molecule has 1 heterocycles. The van der Waals surface area contributed by atoms with Gasteiger partial charge < -0.3 is 10.4 Å². The van der Waals surface area contributed by atoms with Crippen molar-refractivity contribution in [1.82, 2.24) is 5.32 Å². The summed E-state index contributed by atoms with van der Waals surface area (Å²) in [4.78, 5) is 13.3. The molecular weight excluding hydrogens is 258 g/mol. The first kappa shape index (κ1) is 14.5. The number of aryl methyl sites for hydroxylation is 1. The molecule has 1 aromatic heterocycles. The van der Waals surface area contributed by atoms with Gasteiger partial charge in [0.15, 0.2) is 0 Å². The second-order valence-corrected chi connectivity index (χ2v) is 6.79. The van der Waals surface area contributed by atoms with Gasteiger partial charge in [0.25, 0.3) is 0 Å². The van der Waals surface area contributed by atoms with Crippen LogP contribution in [-0.4, -0.2) is 23.7 Å². The van der Waals surface area contributed by atoms with Crippen LogP contribution < -0.4 is 5.32 Å². The van der Waals surface area contributed by atoms with E-state index in [9.17, 15) is 9.90 Å². The van der Waals surface area contributed by atoms with E-state index < -0.39 is 0 Å². The summed E-state index contributed by atoms with van der Waals surface area (Å²) < 4.78 is 0. The Morgan fingerprint density at radius 1 is 1.63 bits per heavy atom. The standard InChI is InChI=1S/C15H23NO2S/c1-15(11-17)9-3-7-13(15)16-14(18)8-2-5-12-6-4-10-19-12/h4,6,10,13,17H,2-3,5,7-9,11H2,1H3,(H,16,18). The lowest BCUT2D eigenvalue weighted by Gasteiger charge is -2.30. The zero-order valence-electron chi connectivity index (χ0n) is 11.5. The van der Waals surface area contributed by atoms with Crippen LogP contribution in [0.1, 0.15) is 43.9 Å². The number of rotatable bonds is 6. The van der Waals surface area contributed by atoms with Gasteiger partial charge in [-0.15, -0.1) is 11.3 Å². The number of thiophene rings is 1. The fourth-order valence-electron chi connectivity index (χ4n) is 2.81. The Hall–Kier alpha value is -0.870. The average molecular weight is 281 g/mol. The molecule has 3 nitrogen and oxygen atoms in total. The maximum Gasteiger partial charge on any atom is 0.220 e. The van der Waals surface area contributed by atoms with Gasteiger partial charge >= 0.3 is 0 Å². The molecule has 0 saturated heterocycles. The predicted octanol–water partition coefficient (Wildman–Crippen LogP) is 2.74. The summed E-state index contributed by atoms with van der Waals surface area (Å²) in [5, 5.41) is 14.6. The second kappa shape index (κ2) is 6.53. The SMILES string of the molecule is CC1(CO)CCCC1NC(=O)CCCc1cccs1. The normalized spacial score (nSPS) is 26.5. The summed E-state index contributed by atoms with van der Waals surface area (Å²) in [6.07, 6.45) is 5.55. The number of carbonyl (C=O) groups excluding carboxylic acids is 1. The molecule has 1 aliphatic carbocycles. The second-order valence-electron chi connectivity index (χ2n) is 5.76. The molecule has 0 aliphatic heterocycles. The van der Waals surface area contributed by atoms with E-state index in [2.05, 4.69) is 23.7 Å². The van der Waals surface area contributed by atoms with Crippen molar-refractivity contribution in [2.24, 2.45) is 5.41 Å². The quantitative estimate of drug-likeness (QED) is 0.842. The smallest absolute Gasteiger partial charge is 0.220 e. The number of aliphatic hydroxyl groups excluding tert-OH is 1. The molecule has 1 fully saturated rings. The van der Waals surface area contributed by atoms with Crippen molar-refractivity contribution in [3.05, 3.63) is 22.4 Å². The highest BCUT2D eigenvalue weighted by Gasteiger charge is 2.38. The first-order valence-corrected chi connectivity index (χ1v) is 7.94. The minimum absolute atomic E-state index is 0.122. The molecule has 2 N–H and O–H groups in total. The minimum atomic E-state index is -0.122. The van der Waals surface area contributed by atoms with Gasteiger partial charge in [-0.25, -0.2) is 0 Å². The van der Waals surface area contributed by atoms with Gasteiger partial charge in [0.2, 0.25) is 5.91 Å². The first-order chi connectivity index (χ1) is 9.14. The van der Waals surface area contributed by atoms with Crippen molar-refractivity contribution in [1.29, 1.82) is 0 Å². The third-order valence-electron chi connectivity index (χ3n) is 4.19. The zero-order chi connectivity index (χ0) is 13.7. The Balaban J connectivity index is 1.72. The Morgan fingerprint density at radius 2 is 2.47 bits per heavy atom. The Bertz CT molecular complexity index is 404. The summed E-state index contributed by atoms with van der Waals surface area (Å²) in [6, 6.07) is 4.31. The maximum absolute atomic E-state index is 11.9. The van der Waals surface area contributed by atoms with Crippen LogP contribution in [0, 0.1) is 5.41 Å². The van der Waals surface area contributed by atoms with E-state index in [0.29, 0.717) is 6.42 Å². The van der Waals surface area contributed by atoms with Gasteiger partial charge in [-0.1, -0.05) is 19.4 Å². The Kier molecular flexibility index (Phi) is 4.99. The van der Waals surface area contributed by atoms with E-state index in [1.807, 2.05) is 6.07 Å². The molecule has 2 atom stereocenters. The highest BCUT2D eigenvalue weighted by Crippen LogP contribution is 2.37. The average Bonchev–Trinajstić information content (AvgIpc) is 3.01. The Labute approximate surface area is 119 Å². The van der Waals surface area contributed by atoms with Crippen LogP contribution in [0.25, 0.3) is 0 Å². The van der Waals surface area contributed by atoms with Crippen molar-refractivity contribution < 1.29 is 9.90 Å². The molecule has 19 heavy (non-hydrogen) atoms. The highest BCUT2D eigenvalue weighted by molar-refractivity contribution is 7.09. The fourth-order valence-corrected chi connectivity index (χ4v) is 3.56. The Morgan fingerprint density at radius 3 is 3.16 bits per heavy atom. The van der Waals surface area contributed by atoms with Crippen LogP contribution in [0.4, 0.5) is 0 Å². The van der Waals surface area contributed by atoms with Crippen LogP contribution >= 0.6 is 11.3 Å². The molecule has 1 aromatic rings. The molecule has 4 heteroatoms. The molecule has 2 unspecified atom stereocenters. The lowest BCUT2D eigenvalue weighted by Crippen LogP contribution is -2.44. The zero-order valence-corrected chi connectivity index (χ0v) is 12.3. The lowest BCUT2D eigenvalue weighted by molar-refractivity contribution is -0.122. The molecule has 2 rings (SSSR count). The van der Waals surface area contributed by atoms with E-state index in [-0.39, 0.29) is 24.0 Å². The van der Waals surface area contributed by atoms with Gasteiger partial charge in [0.05, 0.1) is 6.61 Å². The molecule has 0 radical (unpaired) electrons. The monoisotopic (exact) mass is 281 g/mol. The van der Waals surface area contributed by atoms with Crippen LogP contribution in [-0.2, 0) is 11.2 Å². The lowest BCUT2D eigenvalue weighted by atomic mass is 9.85. The molecule has 1 aliphatic rings. The molecule has 0 spiro atoms. The van der Waals surface area contributed by atoms with Gasteiger partial charge in [-0.2, -0.15) is 0 Å². The van der Waals surface area contributed by atoms with Gasteiger partial charge in [0, 0.05) is 22.8 Å². The van der Waals surface area contributed by atoms with E-state index in [0.717, 1.165) is 32.1 Å². The number of nitrogens with one attached hydrogen (secondary N) is 1.